The summed E-state index contributed by atoms with van der Waals surface area (Å²) in [5.41, 5.74) is 2.34. The fraction of sp³-hybridized carbons (Fsp3) is 0.238. The van der Waals surface area contributed by atoms with Gasteiger partial charge in [-0.2, -0.15) is 9.78 Å². The molecule has 3 heterocycles. The van der Waals surface area contributed by atoms with Crippen LogP contribution in [-0.4, -0.2) is 51.8 Å². The van der Waals surface area contributed by atoms with Crippen molar-refractivity contribution in [3.05, 3.63) is 81.5 Å². The zero-order valence-electron chi connectivity index (χ0n) is 16.0. The Labute approximate surface area is 173 Å². The summed E-state index contributed by atoms with van der Waals surface area (Å²) in [4.78, 5) is 33.3. The SMILES string of the molecule is Cc1ccc(C(=O)N2CCN(c3cnn(-c4ccccc4)c(=O)c3Cl)CC2)cn1. The summed E-state index contributed by atoms with van der Waals surface area (Å²) in [6.07, 6.45) is 3.21. The van der Waals surface area contributed by atoms with Crippen LogP contribution >= 0.6 is 11.6 Å². The largest absolute Gasteiger partial charge is 0.365 e. The summed E-state index contributed by atoms with van der Waals surface area (Å²) in [6.45, 7) is 4.09. The van der Waals surface area contributed by atoms with Crippen LogP contribution in [-0.2, 0) is 0 Å². The third-order valence-electron chi connectivity index (χ3n) is 4.97. The molecule has 148 valence electrons. The fourth-order valence-corrected chi connectivity index (χ4v) is 3.57. The molecule has 7 nitrogen and oxygen atoms in total. The molecule has 2 aromatic heterocycles. The highest BCUT2D eigenvalue weighted by atomic mass is 35.5. The van der Waals surface area contributed by atoms with Crippen LogP contribution in [0.25, 0.3) is 5.69 Å². The quantitative estimate of drug-likeness (QED) is 0.664. The number of amides is 1. The average Bonchev–Trinajstić information content (AvgIpc) is 2.76. The van der Waals surface area contributed by atoms with Crippen molar-refractivity contribution in [1.29, 1.82) is 0 Å². The average molecular weight is 410 g/mol. The maximum absolute atomic E-state index is 12.7. The van der Waals surface area contributed by atoms with Crippen LogP contribution in [0, 0.1) is 6.92 Å². The zero-order valence-corrected chi connectivity index (χ0v) is 16.7. The molecule has 1 amide bonds. The maximum Gasteiger partial charge on any atom is 0.292 e. The van der Waals surface area contributed by atoms with E-state index in [4.69, 9.17) is 11.6 Å². The van der Waals surface area contributed by atoms with Crippen LogP contribution in [0.15, 0.2) is 59.7 Å². The Hall–Kier alpha value is -3.19. The van der Waals surface area contributed by atoms with Crippen molar-refractivity contribution < 1.29 is 4.79 Å². The predicted octanol–water partition coefficient (Wildman–Crippen LogP) is 2.55. The number of pyridine rings is 1. The molecule has 0 saturated carbocycles. The molecule has 1 aromatic carbocycles. The monoisotopic (exact) mass is 409 g/mol. The molecule has 1 fully saturated rings. The van der Waals surface area contributed by atoms with Crippen LogP contribution < -0.4 is 10.5 Å². The van der Waals surface area contributed by atoms with E-state index in [1.807, 2.05) is 36.1 Å². The van der Waals surface area contributed by atoms with Gasteiger partial charge in [-0.05, 0) is 31.2 Å². The van der Waals surface area contributed by atoms with Gasteiger partial charge in [0.2, 0.25) is 0 Å². The molecule has 3 aromatic rings. The van der Waals surface area contributed by atoms with Crippen molar-refractivity contribution in [2.24, 2.45) is 0 Å². The van der Waals surface area contributed by atoms with Gasteiger partial charge in [-0.1, -0.05) is 29.8 Å². The van der Waals surface area contributed by atoms with Crippen molar-refractivity contribution in [3.8, 4) is 5.69 Å². The van der Waals surface area contributed by atoms with E-state index in [1.54, 1.807) is 35.5 Å². The molecule has 0 spiro atoms. The number of nitrogens with zero attached hydrogens (tertiary/aromatic N) is 5. The Morgan fingerprint density at radius 3 is 2.38 bits per heavy atom. The first-order chi connectivity index (χ1) is 14.0. The summed E-state index contributed by atoms with van der Waals surface area (Å²) in [5.74, 6) is -0.0409. The Balaban J connectivity index is 1.49. The van der Waals surface area contributed by atoms with Crippen LogP contribution in [0.3, 0.4) is 0 Å². The molecule has 1 saturated heterocycles. The number of aryl methyl sites for hydroxylation is 1. The first kappa shape index (κ1) is 19.1. The Bertz CT molecular complexity index is 1070. The van der Waals surface area contributed by atoms with E-state index >= 15 is 0 Å². The van der Waals surface area contributed by atoms with Crippen molar-refractivity contribution >= 4 is 23.2 Å². The van der Waals surface area contributed by atoms with Gasteiger partial charge in [0, 0.05) is 38.1 Å². The third-order valence-corrected chi connectivity index (χ3v) is 5.32. The highest BCUT2D eigenvalue weighted by Crippen LogP contribution is 2.23. The number of hydrogen-bond acceptors (Lipinski definition) is 5. The van der Waals surface area contributed by atoms with Gasteiger partial charge in [-0.25, -0.2) is 0 Å². The van der Waals surface area contributed by atoms with E-state index in [1.165, 1.54) is 4.68 Å². The Kier molecular flexibility index (Phi) is 5.31. The van der Waals surface area contributed by atoms with E-state index in [2.05, 4.69) is 10.1 Å². The van der Waals surface area contributed by atoms with Crippen LogP contribution in [0.1, 0.15) is 16.1 Å². The summed E-state index contributed by atoms with van der Waals surface area (Å²) in [6, 6.07) is 12.8. The molecule has 1 aliphatic rings. The number of benzene rings is 1. The van der Waals surface area contributed by atoms with Crippen LogP contribution in [0.2, 0.25) is 5.02 Å². The topological polar surface area (TPSA) is 71.3 Å². The second-order valence-electron chi connectivity index (χ2n) is 6.86. The molecule has 0 radical (unpaired) electrons. The van der Waals surface area contributed by atoms with Crippen molar-refractivity contribution in [2.45, 2.75) is 6.92 Å². The predicted molar refractivity (Wildman–Crippen MR) is 112 cm³/mol. The number of hydrogen-bond donors (Lipinski definition) is 0. The highest BCUT2D eigenvalue weighted by molar-refractivity contribution is 6.33. The van der Waals surface area contributed by atoms with Gasteiger partial charge in [-0.3, -0.25) is 14.6 Å². The number of rotatable bonds is 3. The molecule has 0 unspecified atom stereocenters. The number of anilines is 1. The molecule has 0 bridgehead atoms. The molecule has 29 heavy (non-hydrogen) atoms. The summed E-state index contributed by atoms with van der Waals surface area (Å²) in [5, 5.41) is 4.41. The zero-order chi connectivity index (χ0) is 20.4. The summed E-state index contributed by atoms with van der Waals surface area (Å²) >= 11 is 6.39. The number of carbonyl (C=O) groups is 1. The lowest BCUT2D eigenvalue weighted by atomic mass is 10.2. The van der Waals surface area contributed by atoms with Crippen molar-refractivity contribution in [1.82, 2.24) is 19.7 Å². The molecule has 0 aliphatic carbocycles. The minimum atomic E-state index is -0.361. The van der Waals surface area contributed by atoms with E-state index in [0.717, 1.165) is 5.69 Å². The molecule has 4 rings (SSSR count). The van der Waals surface area contributed by atoms with E-state index in [0.29, 0.717) is 43.1 Å². The van der Waals surface area contributed by atoms with E-state index in [9.17, 15) is 9.59 Å². The highest BCUT2D eigenvalue weighted by Gasteiger charge is 2.25. The Morgan fingerprint density at radius 1 is 1.00 bits per heavy atom. The molecular weight excluding hydrogens is 390 g/mol. The second-order valence-corrected chi connectivity index (χ2v) is 7.24. The third kappa shape index (κ3) is 3.86. The first-order valence-electron chi connectivity index (χ1n) is 9.35. The lowest BCUT2D eigenvalue weighted by molar-refractivity contribution is 0.0746. The van der Waals surface area contributed by atoms with Gasteiger partial charge in [0.15, 0.2) is 0 Å². The lowest BCUT2D eigenvalue weighted by Crippen LogP contribution is -2.49. The molecule has 0 N–H and O–H groups in total. The van der Waals surface area contributed by atoms with Gasteiger partial charge in [0.25, 0.3) is 11.5 Å². The smallest absolute Gasteiger partial charge is 0.292 e. The Morgan fingerprint density at radius 2 is 1.72 bits per heavy atom. The molecular formula is C21H20ClN5O2. The minimum Gasteiger partial charge on any atom is -0.365 e. The number of carbonyl (C=O) groups excluding carboxylic acids is 1. The summed E-state index contributed by atoms with van der Waals surface area (Å²) < 4.78 is 1.29. The number of halogens is 1. The van der Waals surface area contributed by atoms with Crippen LogP contribution in [0.5, 0.6) is 0 Å². The van der Waals surface area contributed by atoms with Crippen molar-refractivity contribution in [3.63, 3.8) is 0 Å². The molecule has 0 atom stereocenters. The van der Waals surface area contributed by atoms with E-state index < -0.39 is 0 Å². The van der Waals surface area contributed by atoms with Gasteiger partial charge in [0.05, 0.1) is 23.1 Å². The molecule has 1 aliphatic heterocycles. The summed E-state index contributed by atoms with van der Waals surface area (Å²) in [7, 11) is 0. The first-order valence-corrected chi connectivity index (χ1v) is 9.72. The van der Waals surface area contributed by atoms with Gasteiger partial charge in [0.1, 0.15) is 5.02 Å². The van der Waals surface area contributed by atoms with E-state index in [-0.39, 0.29) is 16.5 Å². The van der Waals surface area contributed by atoms with Crippen LogP contribution in [0.4, 0.5) is 5.69 Å². The fourth-order valence-electron chi connectivity index (χ4n) is 3.32. The number of aromatic nitrogens is 3. The maximum atomic E-state index is 12.7. The second kappa shape index (κ2) is 8.05. The van der Waals surface area contributed by atoms with Gasteiger partial charge < -0.3 is 9.80 Å². The molecule has 8 heteroatoms. The minimum absolute atomic E-state index is 0.0409. The van der Waals surface area contributed by atoms with Gasteiger partial charge in [-0.15, -0.1) is 0 Å². The normalized spacial score (nSPS) is 14.1. The standard InChI is InChI=1S/C21H20ClN5O2/c1-15-7-8-16(13-23-15)20(28)26-11-9-25(10-12-26)18-14-24-27(21(29)19(18)22)17-5-3-2-4-6-17/h2-8,13-14H,9-12H2,1H3. The van der Waals surface area contributed by atoms with Gasteiger partial charge >= 0.3 is 0 Å². The number of para-hydroxylation sites is 1. The van der Waals surface area contributed by atoms with Crippen molar-refractivity contribution in [2.75, 3.05) is 31.1 Å². The lowest BCUT2D eigenvalue weighted by Gasteiger charge is -2.36. The number of piperazine rings is 1.